The Balaban J connectivity index is 1.81. The van der Waals surface area contributed by atoms with Gasteiger partial charge in [-0.15, -0.1) is 0 Å². The molecule has 0 saturated heterocycles. The third-order valence-corrected chi connectivity index (χ3v) is 3.05. The second-order valence-electron chi connectivity index (χ2n) is 4.70. The van der Waals surface area contributed by atoms with E-state index >= 15 is 0 Å². The fourth-order valence-electron chi connectivity index (χ4n) is 2.02. The molecule has 0 saturated carbocycles. The molecule has 0 atom stereocenters. The first-order valence-corrected chi connectivity index (χ1v) is 6.67. The van der Waals surface area contributed by atoms with Crippen LogP contribution in [0.5, 0.6) is 11.6 Å². The SMILES string of the molecule is Cc1cccc(Oc2ccc(/C(=N/O)n3ccnc3)cn2)c1. The number of ether oxygens (including phenoxy) is 1. The number of hydrogen-bond acceptors (Lipinski definition) is 5. The molecule has 22 heavy (non-hydrogen) atoms. The number of aromatic nitrogens is 3. The van der Waals surface area contributed by atoms with Crippen LogP contribution in [0.2, 0.25) is 0 Å². The molecule has 0 bridgehead atoms. The molecule has 3 rings (SSSR count). The lowest BCUT2D eigenvalue weighted by Gasteiger charge is -2.07. The Labute approximate surface area is 127 Å². The zero-order valence-corrected chi connectivity index (χ0v) is 11.9. The summed E-state index contributed by atoms with van der Waals surface area (Å²) in [5.74, 6) is 1.54. The maximum Gasteiger partial charge on any atom is 0.219 e. The van der Waals surface area contributed by atoms with Crippen molar-refractivity contribution in [1.82, 2.24) is 14.5 Å². The van der Waals surface area contributed by atoms with Crippen molar-refractivity contribution in [1.29, 1.82) is 0 Å². The highest BCUT2D eigenvalue weighted by molar-refractivity contribution is 5.99. The minimum absolute atomic E-state index is 0.340. The standard InChI is InChI=1S/C16H14N4O2/c1-12-3-2-4-14(9-12)22-15-6-5-13(10-18-15)16(19-21)20-8-7-17-11-20/h2-11,21H,1H3/b19-16-. The molecule has 0 radical (unpaired) electrons. The maximum absolute atomic E-state index is 9.17. The van der Waals surface area contributed by atoms with Gasteiger partial charge in [-0.3, -0.25) is 4.57 Å². The van der Waals surface area contributed by atoms with Crippen LogP contribution < -0.4 is 4.74 Å². The number of aryl methyl sites for hydroxylation is 1. The van der Waals surface area contributed by atoms with Gasteiger partial charge in [0.1, 0.15) is 12.1 Å². The summed E-state index contributed by atoms with van der Waals surface area (Å²) in [6.45, 7) is 2.00. The highest BCUT2D eigenvalue weighted by atomic mass is 16.5. The summed E-state index contributed by atoms with van der Waals surface area (Å²) in [7, 11) is 0. The van der Waals surface area contributed by atoms with E-state index in [0.29, 0.717) is 17.3 Å². The molecule has 3 aromatic rings. The smallest absolute Gasteiger partial charge is 0.219 e. The lowest BCUT2D eigenvalue weighted by molar-refractivity contribution is 0.317. The fourth-order valence-corrected chi connectivity index (χ4v) is 2.02. The first-order chi connectivity index (χ1) is 10.8. The Hall–Kier alpha value is -3.15. The van der Waals surface area contributed by atoms with Crippen molar-refractivity contribution >= 4 is 5.84 Å². The lowest BCUT2D eigenvalue weighted by Crippen LogP contribution is -2.11. The Morgan fingerprint density at radius 2 is 2.18 bits per heavy atom. The summed E-state index contributed by atoms with van der Waals surface area (Å²) < 4.78 is 7.28. The van der Waals surface area contributed by atoms with Gasteiger partial charge in [-0.05, 0) is 30.7 Å². The molecule has 2 aromatic heterocycles. The summed E-state index contributed by atoms with van der Waals surface area (Å²) in [6.07, 6.45) is 6.42. The van der Waals surface area contributed by atoms with Gasteiger partial charge < -0.3 is 9.94 Å². The van der Waals surface area contributed by atoms with Crippen molar-refractivity contribution in [3.63, 3.8) is 0 Å². The fraction of sp³-hybridized carbons (Fsp3) is 0.0625. The average molecular weight is 294 g/mol. The number of hydrogen-bond donors (Lipinski definition) is 1. The molecule has 0 unspecified atom stereocenters. The molecule has 0 spiro atoms. The van der Waals surface area contributed by atoms with Gasteiger partial charge in [-0.2, -0.15) is 0 Å². The average Bonchev–Trinajstić information content (AvgIpc) is 3.04. The van der Waals surface area contributed by atoms with Gasteiger partial charge in [0.2, 0.25) is 5.88 Å². The second kappa shape index (κ2) is 6.09. The Kier molecular flexibility index (Phi) is 3.82. The monoisotopic (exact) mass is 294 g/mol. The van der Waals surface area contributed by atoms with E-state index in [1.54, 1.807) is 41.6 Å². The van der Waals surface area contributed by atoms with E-state index in [4.69, 9.17) is 9.94 Å². The van der Waals surface area contributed by atoms with Crippen molar-refractivity contribution < 1.29 is 9.94 Å². The molecule has 110 valence electrons. The minimum Gasteiger partial charge on any atom is -0.439 e. The second-order valence-corrected chi connectivity index (χ2v) is 4.70. The van der Waals surface area contributed by atoms with Crippen LogP contribution in [0, 0.1) is 6.92 Å². The zero-order chi connectivity index (χ0) is 15.4. The third kappa shape index (κ3) is 2.95. The van der Waals surface area contributed by atoms with E-state index < -0.39 is 0 Å². The summed E-state index contributed by atoms with van der Waals surface area (Å²) in [5, 5.41) is 12.5. The van der Waals surface area contributed by atoms with Crippen LogP contribution in [0.3, 0.4) is 0 Å². The van der Waals surface area contributed by atoms with Gasteiger partial charge in [0.15, 0.2) is 5.84 Å². The van der Waals surface area contributed by atoms with Gasteiger partial charge in [-0.25, -0.2) is 9.97 Å². The maximum atomic E-state index is 9.17. The van der Waals surface area contributed by atoms with E-state index in [0.717, 1.165) is 11.3 Å². The van der Waals surface area contributed by atoms with E-state index in [2.05, 4.69) is 15.1 Å². The molecule has 0 fully saturated rings. The van der Waals surface area contributed by atoms with Crippen LogP contribution in [-0.2, 0) is 0 Å². The number of imidazole rings is 1. The number of pyridine rings is 1. The number of rotatable bonds is 3. The highest BCUT2D eigenvalue weighted by Crippen LogP contribution is 2.20. The van der Waals surface area contributed by atoms with Crippen molar-refractivity contribution in [3.05, 3.63) is 72.4 Å². The van der Waals surface area contributed by atoms with Crippen molar-refractivity contribution in [2.24, 2.45) is 5.16 Å². The van der Waals surface area contributed by atoms with E-state index in [-0.39, 0.29) is 0 Å². The van der Waals surface area contributed by atoms with Crippen LogP contribution in [0.15, 0.2) is 66.5 Å². The van der Waals surface area contributed by atoms with E-state index in [1.807, 2.05) is 31.2 Å². The minimum atomic E-state index is 0.340. The zero-order valence-electron chi connectivity index (χ0n) is 11.9. The highest BCUT2D eigenvalue weighted by Gasteiger charge is 2.08. The molecule has 6 heteroatoms. The lowest BCUT2D eigenvalue weighted by atomic mass is 10.2. The van der Waals surface area contributed by atoms with Crippen LogP contribution in [-0.4, -0.2) is 25.6 Å². The van der Waals surface area contributed by atoms with Crippen LogP contribution in [0.25, 0.3) is 0 Å². The molecule has 0 aliphatic rings. The van der Waals surface area contributed by atoms with Gasteiger partial charge >= 0.3 is 0 Å². The predicted molar refractivity (Wildman–Crippen MR) is 81.4 cm³/mol. The third-order valence-electron chi connectivity index (χ3n) is 3.05. The van der Waals surface area contributed by atoms with E-state index in [9.17, 15) is 0 Å². The summed E-state index contributed by atoms with van der Waals surface area (Å²) >= 11 is 0. The molecular weight excluding hydrogens is 280 g/mol. The molecule has 1 N–H and O–H groups in total. The first-order valence-electron chi connectivity index (χ1n) is 6.67. The Morgan fingerprint density at radius 3 is 2.82 bits per heavy atom. The summed E-state index contributed by atoms with van der Waals surface area (Å²) in [6, 6.07) is 11.2. The predicted octanol–water partition coefficient (Wildman–Crippen LogP) is 3.06. The summed E-state index contributed by atoms with van der Waals surface area (Å²) in [4.78, 5) is 8.16. The van der Waals surface area contributed by atoms with Gasteiger partial charge in [0.05, 0.1) is 0 Å². The summed E-state index contributed by atoms with van der Waals surface area (Å²) in [5.41, 5.74) is 1.76. The van der Waals surface area contributed by atoms with Gasteiger partial charge in [0.25, 0.3) is 0 Å². The molecule has 0 amide bonds. The largest absolute Gasteiger partial charge is 0.439 e. The number of oxime groups is 1. The van der Waals surface area contributed by atoms with Crippen molar-refractivity contribution in [2.45, 2.75) is 6.92 Å². The molecular formula is C16H14N4O2. The van der Waals surface area contributed by atoms with Crippen LogP contribution >= 0.6 is 0 Å². The molecule has 0 aliphatic heterocycles. The van der Waals surface area contributed by atoms with Gasteiger partial charge in [0, 0.05) is 30.2 Å². The molecule has 0 aliphatic carbocycles. The topological polar surface area (TPSA) is 72.5 Å². The molecule has 1 aromatic carbocycles. The quantitative estimate of drug-likeness (QED) is 0.349. The normalized spacial score (nSPS) is 11.4. The van der Waals surface area contributed by atoms with Gasteiger partial charge in [-0.1, -0.05) is 17.3 Å². The van der Waals surface area contributed by atoms with Crippen LogP contribution in [0.1, 0.15) is 11.1 Å². The Morgan fingerprint density at radius 1 is 1.27 bits per heavy atom. The van der Waals surface area contributed by atoms with E-state index in [1.165, 1.54) is 0 Å². The van der Waals surface area contributed by atoms with Crippen molar-refractivity contribution in [3.8, 4) is 11.6 Å². The molecule has 2 heterocycles. The first kappa shape index (κ1) is 13.8. The van der Waals surface area contributed by atoms with Crippen molar-refractivity contribution in [2.75, 3.05) is 0 Å². The Bertz CT molecular complexity index is 780. The van der Waals surface area contributed by atoms with Crippen LogP contribution in [0.4, 0.5) is 0 Å². The number of benzene rings is 1. The number of nitrogens with zero attached hydrogens (tertiary/aromatic N) is 4. The molecule has 6 nitrogen and oxygen atoms in total.